The van der Waals surface area contributed by atoms with Crippen molar-refractivity contribution in [1.82, 2.24) is 0 Å². The van der Waals surface area contributed by atoms with Gasteiger partial charge in [-0.15, -0.1) is 11.8 Å². The normalized spacial score (nSPS) is 11.4. The van der Waals surface area contributed by atoms with Gasteiger partial charge in [0.05, 0.1) is 23.8 Å². The zero-order valence-corrected chi connectivity index (χ0v) is 27.4. The smallest absolute Gasteiger partial charge is 0.303 e. The van der Waals surface area contributed by atoms with E-state index in [9.17, 15) is 23.3 Å². The number of carbonyl (C=O) groups is 1. The number of nitro groups is 1. The number of hydrogen-bond donors (Lipinski definition) is 1. The summed E-state index contributed by atoms with van der Waals surface area (Å²) in [4.78, 5) is 22.6. The number of rotatable bonds is 15. The first kappa shape index (κ1) is 34.6. The van der Waals surface area contributed by atoms with Crippen LogP contribution in [-0.4, -0.2) is 43.4 Å². The molecule has 0 aliphatic heterocycles. The van der Waals surface area contributed by atoms with E-state index in [1.807, 2.05) is 32.9 Å². The Morgan fingerprint density at radius 1 is 1.02 bits per heavy atom. The molecule has 4 aromatic rings. The van der Waals surface area contributed by atoms with Crippen molar-refractivity contribution >= 4 is 39.1 Å². The predicted molar refractivity (Wildman–Crippen MR) is 177 cm³/mol. The Morgan fingerprint density at radius 2 is 1.74 bits per heavy atom. The van der Waals surface area contributed by atoms with Gasteiger partial charge >= 0.3 is 5.97 Å². The lowest BCUT2D eigenvalue weighted by molar-refractivity contribution is -0.387. The molecule has 0 heterocycles. The van der Waals surface area contributed by atoms with Crippen molar-refractivity contribution in [2.75, 3.05) is 23.3 Å². The number of benzene rings is 4. The minimum atomic E-state index is -4.58. The van der Waals surface area contributed by atoms with Gasteiger partial charge in [0.1, 0.15) is 5.82 Å². The summed E-state index contributed by atoms with van der Waals surface area (Å²) in [5.74, 6) is -1.04. The largest absolute Gasteiger partial charge is 0.481 e. The zero-order valence-electron chi connectivity index (χ0n) is 25.7. The summed E-state index contributed by atoms with van der Waals surface area (Å²) in [6, 6.07) is 20.3. The molecule has 9 nitrogen and oxygen atoms in total. The molecule has 0 atom stereocenters. The highest BCUT2D eigenvalue weighted by Crippen LogP contribution is 2.35. The quantitative estimate of drug-likeness (QED) is 0.0596. The first-order valence-corrected chi connectivity index (χ1v) is 17.0. The third-order valence-corrected chi connectivity index (χ3v) is 10.1. The molecule has 4 rings (SSSR count). The van der Waals surface area contributed by atoms with Crippen LogP contribution in [0.1, 0.15) is 35.6 Å². The van der Waals surface area contributed by atoms with Gasteiger partial charge in [0.15, 0.2) is 4.90 Å². The predicted octanol–water partition coefficient (Wildman–Crippen LogP) is 7.56. The molecule has 0 saturated heterocycles. The van der Waals surface area contributed by atoms with Crippen molar-refractivity contribution in [2.45, 2.75) is 49.9 Å². The van der Waals surface area contributed by atoms with Gasteiger partial charge in [0, 0.05) is 29.7 Å². The summed E-state index contributed by atoms with van der Waals surface area (Å²) in [6.07, 6.45) is -0.379. The van der Waals surface area contributed by atoms with E-state index in [-0.39, 0.29) is 30.6 Å². The van der Waals surface area contributed by atoms with E-state index in [0.29, 0.717) is 18.8 Å². The number of anilines is 1. The lowest BCUT2D eigenvalue weighted by atomic mass is 9.94. The Balaban J connectivity index is 1.75. The maximum Gasteiger partial charge on any atom is 0.303 e. The lowest BCUT2D eigenvalue weighted by Crippen LogP contribution is -2.31. The summed E-state index contributed by atoms with van der Waals surface area (Å²) in [5.41, 5.74) is 3.96. The molecule has 0 unspecified atom stereocenters. The van der Waals surface area contributed by atoms with E-state index in [4.69, 9.17) is 9.84 Å². The van der Waals surface area contributed by atoms with Crippen LogP contribution < -0.4 is 4.31 Å². The summed E-state index contributed by atoms with van der Waals surface area (Å²) in [5, 5.41) is 20.8. The fourth-order valence-electron chi connectivity index (χ4n) is 5.21. The Morgan fingerprint density at radius 3 is 2.39 bits per heavy atom. The van der Waals surface area contributed by atoms with Crippen molar-refractivity contribution in [2.24, 2.45) is 0 Å². The van der Waals surface area contributed by atoms with Gasteiger partial charge in [0.2, 0.25) is 0 Å². The highest BCUT2D eigenvalue weighted by atomic mass is 32.2. The third-order valence-electron chi connectivity index (χ3n) is 7.31. The van der Waals surface area contributed by atoms with Crippen LogP contribution in [0.15, 0.2) is 88.7 Å². The second-order valence-electron chi connectivity index (χ2n) is 10.6. The Hall–Kier alpha value is -4.26. The van der Waals surface area contributed by atoms with Crippen LogP contribution in [0.25, 0.3) is 11.1 Å². The number of thioether (sulfide) groups is 1. The van der Waals surface area contributed by atoms with Gasteiger partial charge in [-0.1, -0.05) is 36.4 Å². The Bertz CT molecular complexity index is 1820. The van der Waals surface area contributed by atoms with Gasteiger partial charge < -0.3 is 9.84 Å². The van der Waals surface area contributed by atoms with E-state index in [1.165, 1.54) is 24.3 Å². The van der Waals surface area contributed by atoms with Crippen molar-refractivity contribution in [3.63, 3.8) is 0 Å². The number of sulfonamides is 1. The number of nitro benzene ring substituents is 1. The molecular weight excluding hydrogens is 632 g/mol. The monoisotopic (exact) mass is 666 g/mol. The molecule has 0 aliphatic rings. The molecule has 46 heavy (non-hydrogen) atoms. The summed E-state index contributed by atoms with van der Waals surface area (Å²) >= 11 is 1.71. The summed E-state index contributed by atoms with van der Waals surface area (Å²) in [7, 11) is -4.58. The molecule has 12 heteroatoms. The highest BCUT2D eigenvalue weighted by Gasteiger charge is 2.32. The van der Waals surface area contributed by atoms with E-state index in [1.54, 1.807) is 23.9 Å². The van der Waals surface area contributed by atoms with Gasteiger partial charge in [-0.3, -0.25) is 19.2 Å². The minimum Gasteiger partial charge on any atom is -0.481 e. The molecule has 0 bridgehead atoms. The van der Waals surface area contributed by atoms with Crippen LogP contribution in [0.3, 0.4) is 0 Å². The number of ether oxygens (including phenoxy) is 1. The average Bonchev–Trinajstić information content (AvgIpc) is 3.01. The van der Waals surface area contributed by atoms with Crippen LogP contribution in [0.4, 0.5) is 15.8 Å². The van der Waals surface area contributed by atoms with E-state index in [2.05, 4.69) is 12.1 Å². The van der Waals surface area contributed by atoms with Crippen LogP contribution in [0, 0.1) is 29.8 Å². The van der Waals surface area contributed by atoms with Crippen molar-refractivity contribution in [1.29, 1.82) is 0 Å². The fourth-order valence-corrected chi connectivity index (χ4v) is 7.77. The van der Waals surface area contributed by atoms with Crippen LogP contribution >= 0.6 is 11.8 Å². The summed E-state index contributed by atoms with van der Waals surface area (Å²) in [6.45, 7) is 7.06. The second kappa shape index (κ2) is 15.4. The van der Waals surface area contributed by atoms with Gasteiger partial charge in [-0.2, -0.15) is 0 Å². The maximum absolute atomic E-state index is 15.2. The van der Waals surface area contributed by atoms with Crippen molar-refractivity contribution in [3.05, 3.63) is 117 Å². The maximum atomic E-state index is 15.2. The SMILES string of the molecule is CCOCCSc1cc(C)c(-c2cccc(CN(c3ccc(CCC(=O)O)c(F)c3)S(=O)(=O)c3ccccc3[N+](=O)[O-])c2)c(C)c1. The number of aliphatic carboxylic acids is 1. The van der Waals surface area contributed by atoms with Crippen LogP contribution in [0.2, 0.25) is 0 Å². The second-order valence-corrected chi connectivity index (χ2v) is 13.6. The highest BCUT2D eigenvalue weighted by molar-refractivity contribution is 7.99. The van der Waals surface area contributed by atoms with Gasteiger partial charge in [-0.05, 0) is 97.0 Å². The Labute approximate surface area is 272 Å². The molecule has 0 aliphatic carbocycles. The standard InChI is InChI=1S/C34H35FN2O7S2/c1-4-44-16-17-45-29-18-23(2)34(24(3)19-29)27-9-7-8-25(20-27)22-36(28-14-12-26(30(35)21-28)13-15-33(38)39)46(42,43)32-11-6-5-10-31(32)37(40)41/h5-12,14,18-21H,4,13,15-17,22H2,1-3H3,(H,38,39). The van der Waals surface area contributed by atoms with Crippen molar-refractivity contribution in [3.8, 4) is 11.1 Å². The van der Waals surface area contributed by atoms with E-state index >= 15 is 4.39 Å². The molecule has 0 spiro atoms. The molecule has 0 aromatic heterocycles. The number of carboxylic acids is 1. The molecule has 4 aromatic carbocycles. The molecule has 1 N–H and O–H groups in total. The molecule has 0 radical (unpaired) electrons. The number of halogens is 1. The van der Waals surface area contributed by atoms with Crippen molar-refractivity contribution < 1.29 is 32.4 Å². The number of aryl methyl sites for hydroxylation is 3. The van der Waals surface area contributed by atoms with Gasteiger partial charge in [0.25, 0.3) is 15.7 Å². The zero-order chi connectivity index (χ0) is 33.4. The van der Waals surface area contributed by atoms with E-state index < -0.39 is 37.3 Å². The van der Waals surface area contributed by atoms with Crippen LogP contribution in [0.5, 0.6) is 0 Å². The minimum absolute atomic E-state index is 0.0547. The van der Waals surface area contributed by atoms with Gasteiger partial charge in [-0.25, -0.2) is 12.8 Å². The number of para-hydroxylation sites is 1. The molecule has 0 saturated carbocycles. The molecular formula is C34H35FN2O7S2. The average molecular weight is 667 g/mol. The number of hydrogen-bond acceptors (Lipinski definition) is 7. The number of nitrogens with zero attached hydrogens (tertiary/aromatic N) is 2. The molecule has 242 valence electrons. The fraction of sp³-hybridized carbons (Fsp3) is 0.265. The van der Waals surface area contributed by atoms with Crippen LogP contribution in [-0.2, 0) is 32.5 Å². The number of carboxylic acid groups (broad SMARTS) is 1. The molecule has 0 amide bonds. The summed E-state index contributed by atoms with van der Waals surface area (Å²) < 4.78 is 49.8. The Kier molecular flexibility index (Phi) is 11.5. The first-order valence-electron chi connectivity index (χ1n) is 14.6. The topological polar surface area (TPSA) is 127 Å². The third kappa shape index (κ3) is 8.31. The molecule has 0 fully saturated rings. The first-order chi connectivity index (χ1) is 21.9. The lowest BCUT2D eigenvalue weighted by Gasteiger charge is -2.25. The van der Waals surface area contributed by atoms with E-state index in [0.717, 1.165) is 55.4 Å².